The molecule has 7 nitrogen and oxygen atoms in total. The molecule has 2 aliphatic heterocycles. The van der Waals surface area contributed by atoms with Gasteiger partial charge in [-0.25, -0.2) is 0 Å². The lowest BCUT2D eigenvalue weighted by atomic mass is 9.84. The van der Waals surface area contributed by atoms with Crippen molar-refractivity contribution in [3.05, 3.63) is 57.1 Å². The minimum atomic E-state index is -0.401. The first kappa shape index (κ1) is 14.5. The summed E-state index contributed by atoms with van der Waals surface area (Å²) in [7, 11) is 0. The minimum Gasteiger partial charge on any atom is -0.454 e. The summed E-state index contributed by atoms with van der Waals surface area (Å²) in [6.07, 6.45) is 0.229. The van der Waals surface area contributed by atoms with Gasteiger partial charge in [-0.05, 0) is 24.1 Å². The number of carbonyl (C=O) groups excluding carboxylic acids is 1. The van der Waals surface area contributed by atoms with E-state index in [1.165, 1.54) is 0 Å². The molecule has 0 aliphatic carbocycles. The first-order valence-corrected chi connectivity index (χ1v) is 7.51. The number of anilines is 1. The summed E-state index contributed by atoms with van der Waals surface area (Å²) in [5.41, 5.74) is 2.92. The first-order chi connectivity index (χ1) is 11.5. The number of nitro benzene ring substituents is 1. The lowest BCUT2D eigenvalue weighted by molar-refractivity contribution is -0.385. The lowest BCUT2D eigenvalue weighted by Crippen LogP contribution is -2.23. The van der Waals surface area contributed by atoms with Gasteiger partial charge in [0.1, 0.15) is 0 Å². The molecule has 24 heavy (non-hydrogen) atoms. The third-order valence-electron chi connectivity index (χ3n) is 4.42. The summed E-state index contributed by atoms with van der Waals surface area (Å²) in [5, 5.41) is 14.0. The summed E-state index contributed by atoms with van der Waals surface area (Å²) in [4.78, 5) is 22.9. The van der Waals surface area contributed by atoms with Gasteiger partial charge in [0.15, 0.2) is 11.5 Å². The zero-order valence-corrected chi connectivity index (χ0v) is 12.9. The zero-order chi connectivity index (χ0) is 16.8. The van der Waals surface area contributed by atoms with Crippen molar-refractivity contribution in [1.82, 2.24) is 0 Å². The Hall–Kier alpha value is -3.09. The van der Waals surface area contributed by atoms with E-state index in [2.05, 4.69) is 5.32 Å². The number of aryl methyl sites for hydroxylation is 1. The van der Waals surface area contributed by atoms with Crippen LogP contribution in [0.25, 0.3) is 0 Å². The summed E-state index contributed by atoms with van der Waals surface area (Å²) in [6, 6.07) is 8.68. The van der Waals surface area contributed by atoms with E-state index >= 15 is 0 Å². The molecule has 0 bridgehead atoms. The molecule has 1 N–H and O–H groups in total. The maximum absolute atomic E-state index is 12.1. The average Bonchev–Trinajstić information content (AvgIpc) is 2.99. The Bertz CT molecular complexity index is 878. The highest BCUT2D eigenvalue weighted by Gasteiger charge is 2.30. The van der Waals surface area contributed by atoms with Crippen molar-refractivity contribution in [3.63, 3.8) is 0 Å². The van der Waals surface area contributed by atoms with Crippen LogP contribution in [0.3, 0.4) is 0 Å². The second-order valence-corrected chi connectivity index (χ2v) is 5.90. The fraction of sp³-hybridized carbons (Fsp3) is 0.235. The maximum Gasteiger partial charge on any atom is 0.272 e. The Morgan fingerprint density at radius 2 is 1.96 bits per heavy atom. The van der Waals surface area contributed by atoms with Crippen LogP contribution in [0.5, 0.6) is 11.5 Å². The highest BCUT2D eigenvalue weighted by atomic mass is 16.7. The smallest absolute Gasteiger partial charge is 0.272 e. The van der Waals surface area contributed by atoms with Crippen molar-refractivity contribution >= 4 is 17.3 Å². The number of benzene rings is 2. The monoisotopic (exact) mass is 326 g/mol. The van der Waals surface area contributed by atoms with Gasteiger partial charge in [0, 0.05) is 35.7 Å². The molecular formula is C17H14N2O5. The highest BCUT2D eigenvalue weighted by molar-refractivity contribution is 5.96. The molecule has 0 saturated heterocycles. The number of rotatable bonds is 2. The number of nitrogens with one attached hydrogen (secondary N) is 1. The molecule has 0 aromatic heterocycles. The summed E-state index contributed by atoms with van der Waals surface area (Å²) < 4.78 is 10.8. The van der Waals surface area contributed by atoms with E-state index in [0.29, 0.717) is 22.7 Å². The second-order valence-electron chi connectivity index (χ2n) is 5.90. The molecule has 2 aliphatic rings. The largest absolute Gasteiger partial charge is 0.454 e. The third kappa shape index (κ3) is 2.25. The van der Waals surface area contributed by atoms with Crippen LogP contribution in [-0.2, 0) is 4.79 Å². The van der Waals surface area contributed by atoms with Gasteiger partial charge in [-0.2, -0.15) is 0 Å². The molecule has 2 aromatic rings. The van der Waals surface area contributed by atoms with E-state index in [1.807, 2.05) is 12.1 Å². The van der Waals surface area contributed by atoms with Crippen LogP contribution in [0.15, 0.2) is 30.3 Å². The number of ether oxygens (including phenoxy) is 2. The predicted molar refractivity (Wildman–Crippen MR) is 85.5 cm³/mol. The Balaban J connectivity index is 1.84. The van der Waals surface area contributed by atoms with Crippen LogP contribution >= 0.6 is 0 Å². The summed E-state index contributed by atoms with van der Waals surface area (Å²) in [5.74, 6) is 0.818. The zero-order valence-electron chi connectivity index (χ0n) is 12.9. The van der Waals surface area contributed by atoms with Crippen molar-refractivity contribution in [2.75, 3.05) is 12.1 Å². The third-order valence-corrected chi connectivity index (χ3v) is 4.42. The van der Waals surface area contributed by atoms with Crippen LogP contribution in [0.1, 0.15) is 29.0 Å². The number of amides is 1. The SMILES string of the molecule is Cc1ccc(C2CC(=O)Nc3cc4c(cc32)OCO4)cc1[N+](=O)[O-]. The molecule has 1 unspecified atom stereocenters. The van der Waals surface area contributed by atoms with Gasteiger partial charge in [-0.3, -0.25) is 14.9 Å². The maximum atomic E-state index is 12.1. The van der Waals surface area contributed by atoms with Crippen molar-refractivity contribution in [1.29, 1.82) is 0 Å². The number of fused-ring (bicyclic) bond motifs is 2. The quantitative estimate of drug-likeness (QED) is 0.676. The van der Waals surface area contributed by atoms with Crippen molar-refractivity contribution in [2.45, 2.75) is 19.3 Å². The molecule has 7 heteroatoms. The van der Waals surface area contributed by atoms with Gasteiger partial charge in [-0.15, -0.1) is 0 Å². The van der Waals surface area contributed by atoms with E-state index < -0.39 is 4.92 Å². The van der Waals surface area contributed by atoms with E-state index in [0.717, 1.165) is 11.1 Å². The molecule has 0 radical (unpaired) electrons. The summed E-state index contributed by atoms with van der Waals surface area (Å²) in [6.45, 7) is 1.84. The second kappa shape index (κ2) is 5.23. The highest BCUT2D eigenvalue weighted by Crippen LogP contribution is 2.45. The fourth-order valence-corrected chi connectivity index (χ4v) is 3.19. The van der Waals surface area contributed by atoms with Gasteiger partial charge >= 0.3 is 0 Å². The van der Waals surface area contributed by atoms with Gasteiger partial charge in [0.05, 0.1) is 4.92 Å². The van der Waals surface area contributed by atoms with E-state index in [9.17, 15) is 14.9 Å². The molecule has 2 heterocycles. The number of nitrogens with zero attached hydrogens (tertiary/aromatic N) is 1. The van der Waals surface area contributed by atoms with Gasteiger partial charge in [-0.1, -0.05) is 12.1 Å². The molecule has 0 spiro atoms. The minimum absolute atomic E-state index is 0.0563. The van der Waals surface area contributed by atoms with E-state index in [1.54, 1.807) is 25.1 Å². The molecule has 4 rings (SSSR count). The van der Waals surface area contributed by atoms with Gasteiger partial charge in [0.2, 0.25) is 12.7 Å². The molecule has 1 atom stereocenters. The Morgan fingerprint density at radius 1 is 1.21 bits per heavy atom. The molecule has 0 fully saturated rings. The number of nitro groups is 1. The number of carbonyl (C=O) groups is 1. The van der Waals surface area contributed by atoms with E-state index in [-0.39, 0.29) is 30.7 Å². The van der Waals surface area contributed by atoms with Crippen LogP contribution < -0.4 is 14.8 Å². The molecule has 122 valence electrons. The standard InChI is InChI=1S/C17H14N2O5/c1-9-2-3-10(4-14(9)19(21)22)11-6-17(20)18-13-7-16-15(5-12(11)13)23-8-24-16/h2-5,7,11H,6,8H2,1H3,(H,18,20). The Kier molecular flexibility index (Phi) is 3.16. The van der Waals surface area contributed by atoms with Crippen LogP contribution in [0.4, 0.5) is 11.4 Å². The summed E-state index contributed by atoms with van der Waals surface area (Å²) >= 11 is 0. The van der Waals surface area contributed by atoms with E-state index in [4.69, 9.17) is 9.47 Å². The molecule has 1 amide bonds. The normalized spacial score (nSPS) is 18.0. The van der Waals surface area contributed by atoms with Gasteiger partial charge < -0.3 is 14.8 Å². The van der Waals surface area contributed by atoms with Gasteiger partial charge in [0.25, 0.3) is 5.69 Å². The van der Waals surface area contributed by atoms with Crippen LogP contribution in [-0.4, -0.2) is 17.6 Å². The predicted octanol–water partition coefficient (Wildman–Crippen LogP) is 3.11. The first-order valence-electron chi connectivity index (χ1n) is 7.51. The molecule has 0 saturated carbocycles. The topological polar surface area (TPSA) is 90.7 Å². The average molecular weight is 326 g/mol. The van der Waals surface area contributed by atoms with Crippen molar-refractivity contribution < 1.29 is 19.2 Å². The van der Waals surface area contributed by atoms with Crippen molar-refractivity contribution in [2.24, 2.45) is 0 Å². The Morgan fingerprint density at radius 3 is 2.71 bits per heavy atom. The number of hydrogen-bond acceptors (Lipinski definition) is 5. The molecular weight excluding hydrogens is 312 g/mol. The fourth-order valence-electron chi connectivity index (χ4n) is 3.19. The molecule has 2 aromatic carbocycles. The van der Waals surface area contributed by atoms with Crippen molar-refractivity contribution in [3.8, 4) is 11.5 Å². The van der Waals surface area contributed by atoms with Crippen LogP contribution in [0, 0.1) is 17.0 Å². The lowest BCUT2D eigenvalue weighted by Gasteiger charge is -2.26. The van der Waals surface area contributed by atoms with Crippen LogP contribution in [0.2, 0.25) is 0 Å². The Labute approximate surface area is 137 Å². The number of hydrogen-bond donors (Lipinski definition) is 1.